The van der Waals surface area contributed by atoms with Gasteiger partial charge in [0, 0.05) is 32.3 Å². The monoisotopic (exact) mass is 296 g/mol. The molecule has 6 heteroatoms. The Balaban J connectivity index is 1.84. The third kappa shape index (κ3) is 4.25. The van der Waals surface area contributed by atoms with E-state index in [2.05, 4.69) is 42.9 Å². The Bertz CT molecular complexity index is 447. The highest BCUT2D eigenvalue weighted by atomic mass is 16.5. The van der Waals surface area contributed by atoms with Crippen LogP contribution < -0.4 is 0 Å². The molecule has 21 heavy (non-hydrogen) atoms. The van der Waals surface area contributed by atoms with Gasteiger partial charge in [0.2, 0.25) is 0 Å². The summed E-state index contributed by atoms with van der Waals surface area (Å²) in [5, 5.41) is 19.0. The summed E-state index contributed by atoms with van der Waals surface area (Å²) in [6, 6.07) is 0.261. The molecule has 6 nitrogen and oxygen atoms in total. The molecule has 1 saturated heterocycles. The van der Waals surface area contributed by atoms with E-state index in [1.165, 1.54) is 0 Å². The van der Waals surface area contributed by atoms with Crippen LogP contribution in [0.5, 0.6) is 0 Å². The van der Waals surface area contributed by atoms with E-state index in [0.29, 0.717) is 31.2 Å². The Morgan fingerprint density at radius 1 is 1.38 bits per heavy atom. The van der Waals surface area contributed by atoms with Crippen LogP contribution in [0.4, 0.5) is 0 Å². The molecule has 1 atom stereocenters. The van der Waals surface area contributed by atoms with E-state index in [0.717, 1.165) is 19.7 Å². The topological polar surface area (TPSA) is 63.4 Å². The Morgan fingerprint density at radius 3 is 2.76 bits per heavy atom. The lowest BCUT2D eigenvalue weighted by Gasteiger charge is -2.21. The second kappa shape index (κ2) is 6.85. The van der Waals surface area contributed by atoms with Gasteiger partial charge < -0.3 is 9.84 Å². The van der Waals surface area contributed by atoms with Crippen molar-refractivity contribution in [3.63, 3.8) is 0 Å². The molecule has 2 heterocycles. The number of aromatic nitrogens is 3. The highest BCUT2D eigenvalue weighted by molar-refractivity contribution is 5.11. The molecular formula is C15H28N4O2. The molecule has 0 bridgehead atoms. The molecule has 1 fully saturated rings. The summed E-state index contributed by atoms with van der Waals surface area (Å²) in [4.78, 5) is 2.23. The maximum atomic E-state index is 10.8. The minimum absolute atomic E-state index is 0.261. The fourth-order valence-electron chi connectivity index (χ4n) is 2.53. The quantitative estimate of drug-likeness (QED) is 0.771. The van der Waals surface area contributed by atoms with Crippen molar-refractivity contribution in [3.05, 3.63) is 11.9 Å². The molecular weight excluding hydrogens is 268 g/mol. The Kier molecular flexibility index (Phi) is 5.35. The van der Waals surface area contributed by atoms with Crippen molar-refractivity contribution in [2.75, 3.05) is 32.8 Å². The highest BCUT2D eigenvalue weighted by Gasteiger charge is 2.39. The number of aliphatic hydroxyl groups is 1. The van der Waals surface area contributed by atoms with Crippen LogP contribution in [0.15, 0.2) is 6.20 Å². The van der Waals surface area contributed by atoms with Gasteiger partial charge in [-0.15, -0.1) is 5.10 Å². The van der Waals surface area contributed by atoms with Gasteiger partial charge in [0.1, 0.15) is 11.3 Å². The molecule has 0 amide bonds. The van der Waals surface area contributed by atoms with Crippen molar-refractivity contribution in [1.82, 2.24) is 19.9 Å². The molecule has 120 valence electrons. The molecule has 0 aliphatic carbocycles. The zero-order valence-corrected chi connectivity index (χ0v) is 13.6. The number of likely N-dealkylation sites (tertiary alicyclic amines) is 1. The second-order valence-electron chi connectivity index (χ2n) is 6.70. The molecule has 1 aliphatic heterocycles. The molecule has 1 N–H and O–H groups in total. The van der Waals surface area contributed by atoms with Gasteiger partial charge in [0.15, 0.2) is 0 Å². The average molecular weight is 296 g/mol. The molecule has 2 rings (SSSR count). The van der Waals surface area contributed by atoms with Crippen molar-refractivity contribution in [3.8, 4) is 0 Å². The molecule has 1 aromatic heterocycles. The smallest absolute Gasteiger partial charge is 0.124 e. The van der Waals surface area contributed by atoms with Gasteiger partial charge in [-0.1, -0.05) is 19.1 Å². The summed E-state index contributed by atoms with van der Waals surface area (Å²) in [5.41, 5.74) is -0.188. The summed E-state index contributed by atoms with van der Waals surface area (Å²) in [6.45, 7) is 12.2. The van der Waals surface area contributed by atoms with Crippen LogP contribution >= 0.6 is 0 Å². The van der Waals surface area contributed by atoms with E-state index in [1.807, 2.05) is 6.20 Å². The predicted octanol–water partition coefficient (Wildman–Crippen LogP) is 1.42. The lowest BCUT2D eigenvalue weighted by Crippen LogP contribution is -2.33. The molecule has 0 spiro atoms. The first kappa shape index (κ1) is 16.4. The fraction of sp³-hybridized carbons (Fsp3) is 0.867. The first-order valence-corrected chi connectivity index (χ1v) is 7.85. The molecule has 1 aliphatic rings. The number of hydrogen-bond acceptors (Lipinski definition) is 5. The summed E-state index contributed by atoms with van der Waals surface area (Å²) in [6.07, 6.45) is 2.57. The fourth-order valence-corrected chi connectivity index (χ4v) is 2.53. The van der Waals surface area contributed by atoms with Gasteiger partial charge in [0.05, 0.1) is 12.8 Å². The minimum atomic E-state index is -0.870. The Labute approximate surface area is 127 Å². The number of rotatable bonds is 7. The Hall–Kier alpha value is -0.980. The van der Waals surface area contributed by atoms with E-state index in [4.69, 9.17) is 4.74 Å². The van der Waals surface area contributed by atoms with Crippen LogP contribution in [-0.2, 0) is 10.3 Å². The first-order chi connectivity index (χ1) is 9.90. The van der Waals surface area contributed by atoms with Gasteiger partial charge in [-0.3, -0.25) is 4.90 Å². The largest absolute Gasteiger partial charge is 0.382 e. The van der Waals surface area contributed by atoms with E-state index in [-0.39, 0.29) is 6.04 Å². The van der Waals surface area contributed by atoms with Crippen molar-refractivity contribution in [2.24, 2.45) is 5.92 Å². The van der Waals surface area contributed by atoms with E-state index in [1.54, 1.807) is 4.68 Å². The summed E-state index contributed by atoms with van der Waals surface area (Å²) in [5.74, 6) is 0.562. The van der Waals surface area contributed by atoms with Crippen LogP contribution in [0.2, 0.25) is 0 Å². The van der Waals surface area contributed by atoms with Crippen LogP contribution in [0.3, 0.4) is 0 Å². The highest BCUT2D eigenvalue weighted by Crippen LogP contribution is 2.30. The van der Waals surface area contributed by atoms with Crippen LogP contribution in [-0.4, -0.2) is 57.8 Å². The van der Waals surface area contributed by atoms with Gasteiger partial charge >= 0.3 is 0 Å². The standard InChI is InChI=1S/C15H28N4O2/c1-12(2)10-21-8-7-18-6-5-15(20,11-18)14-9-19(13(3)4)17-16-14/h9,12-13,20H,5-8,10-11H2,1-4H3/t15-/m0/s1. The maximum Gasteiger partial charge on any atom is 0.124 e. The second-order valence-corrected chi connectivity index (χ2v) is 6.70. The maximum absolute atomic E-state index is 10.8. The van der Waals surface area contributed by atoms with Gasteiger partial charge in [-0.25, -0.2) is 4.68 Å². The predicted molar refractivity (Wildman–Crippen MR) is 81.0 cm³/mol. The molecule has 0 radical (unpaired) electrons. The zero-order chi connectivity index (χ0) is 15.5. The number of β-amino-alcohol motifs (C(OH)–C–C–N with tert-alkyl or cyclic N) is 1. The van der Waals surface area contributed by atoms with Crippen LogP contribution in [0.25, 0.3) is 0 Å². The Morgan fingerprint density at radius 2 is 2.14 bits per heavy atom. The van der Waals surface area contributed by atoms with Crippen molar-refractivity contribution >= 4 is 0 Å². The van der Waals surface area contributed by atoms with Crippen LogP contribution in [0, 0.1) is 5.92 Å². The lowest BCUT2D eigenvalue weighted by atomic mass is 10.00. The number of ether oxygens (including phenoxy) is 1. The third-order valence-corrected chi connectivity index (χ3v) is 3.85. The molecule has 0 saturated carbocycles. The zero-order valence-electron chi connectivity index (χ0n) is 13.6. The van der Waals surface area contributed by atoms with Crippen molar-refractivity contribution in [1.29, 1.82) is 0 Å². The van der Waals surface area contributed by atoms with Gasteiger partial charge in [0.25, 0.3) is 0 Å². The lowest BCUT2D eigenvalue weighted by molar-refractivity contribution is 0.0348. The third-order valence-electron chi connectivity index (χ3n) is 3.85. The van der Waals surface area contributed by atoms with E-state index in [9.17, 15) is 5.11 Å². The summed E-state index contributed by atoms with van der Waals surface area (Å²) in [7, 11) is 0. The molecule has 0 unspecified atom stereocenters. The van der Waals surface area contributed by atoms with E-state index < -0.39 is 5.60 Å². The number of nitrogens with zero attached hydrogens (tertiary/aromatic N) is 4. The first-order valence-electron chi connectivity index (χ1n) is 7.85. The normalized spacial score (nSPS) is 23.6. The SMILES string of the molecule is CC(C)COCCN1CC[C@@](O)(c2cn(C(C)C)nn2)C1. The van der Waals surface area contributed by atoms with Gasteiger partial charge in [-0.2, -0.15) is 0 Å². The average Bonchev–Trinajstić information content (AvgIpc) is 3.02. The summed E-state index contributed by atoms with van der Waals surface area (Å²) >= 11 is 0. The van der Waals surface area contributed by atoms with Crippen molar-refractivity contribution < 1.29 is 9.84 Å². The van der Waals surface area contributed by atoms with Gasteiger partial charge in [-0.05, 0) is 26.2 Å². The summed E-state index contributed by atoms with van der Waals surface area (Å²) < 4.78 is 7.40. The van der Waals surface area contributed by atoms with E-state index >= 15 is 0 Å². The van der Waals surface area contributed by atoms with Crippen molar-refractivity contribution in [2.45, 2.75) is 45.8 Å². The minimum Gasteiger partial charge on any atom is -0.382 e. The molecule has 1 aromatic rings. The number of hydrogen-bond donors (Lipinski definition) is 1. The van der Waals surface area contributed by atoms with Crippen LogP contribution in [0.1, 0.15) is 45.9 Å². The molecule has 0 aromatic carbocycles.